The monoisotopic (exact) mass is 110 g/mol. The van der Waals surface area contributed by atoms with Gasteiger partial charge in [0.25, 0.3) is 5.71 Å². The number of rotatable bonds is 2. The third kappa shape index (κ3) is 3.00. The van der Waals surface area contributed by atoms with E-state index in [1.165, 1.54) is 12.2 Å². The van der Waals surface area contributed by atoms with Gasteiger partial charge in [-0.3, -0.25) is 4.79 Å². The summed E-state index contributed by atoms with van der Waals surface area (Å²) in [5.74, 6) is 0. The van der Waals surface area contributed by atoms with Crippen molar-refractivity contribution in [2.75, 3.05) is 0 Å². The van der Waals surface area contributed by atoms with Crippen molar-refractivity contribution in [1.29, 1.82) is 0 Å². The normalized spacial score (nSPS) is 8.62. The van der Waals surface area contributed by atoms with Crippen molar-refractivity contribution in [3.63, 3.8) is 0 Å². The molecule has 3 nitrogen and oxygen atoms in total. The number of allylic oxidation sites excluding steroid dienone is 2. The summed E-state index contributed by atoms with van der Waals surface area (Å²) in [5, 5.41) is 0. The third-order valence-corrected chi connectivity index (χ3v) is 0.574. The summed E-state index contributed by atoms with van der Waals surface area (Å²) in [4.78, 5) is 12.4. The van der Waals surface area contributed by atoms with Crippen LogP contribution in [-0.2, 0) is 4.79 Å². The number of carbonyl (C=O) groups is 1. The van der Waals surface area contributed by atoms with Crippen molar-refractivity contribution in [1.82, 2.24) is 0 Å². The Morgan fingerprint density at radius 2 is 2.38 bits per heavy atom. The summed E-state index contributed by atoms with van der Waals surface area (Å²) in [6.07, 6.45) is 3.29. The summed E-state index contributed by atoms with van der Waals surface area (Å²) >= 11 is 0. The van der Waals surface area contributed by atoms with Crippen molar-refractivity contribution < 1.29 is 9.58 Å². The molecule has 0 aliphatic rings. The molecule has 42 valence electrons. The van der Waals surface area contributed by atoms with Gasteiger partial charge in [0, 0.05) is 13.0 Å². The van der Waals surface area contributed by atoms with E-state index in [2.05, 4.69) is 4.79 Å². The summed E-state index contributed by atoms with van der Waals surface area (Å²) in [6, 6.07) is 0. The van der Waals surface area contributed by atoms with E-state index >= 15 is 0 Å². The van der Waals surface area contributed by atoms with Crippen molar-refractivity contribution >= 4 is 12.0 Å². The minimum absolute atomic E-state index is 0.414. The topological polar surface area (TPSA) is 53.5 Å². The molecule has 0 heterocycles. The standard InChI is InChI=1S/C5H6N2O/c1-5(7-6)3-2-4-8/h2-4H,1H3/b3-2-. The summed E-state index contributed by atoms with van der Waals surface area (Å²) in [7, 11) is 0. The van der Waals surface area contributed by atoms with Crippen molar-refractivity contribution in [3.05, 3.63) is 17.7 Å². The van der Waals surface area contributed by atoms with Gasteiger partial charge in [-0.2, -0.15) is 4.79 Å². The maximum atomic E-state index is 9.60. The van der Waals surface area contributed by atoms with Crippen LogP contribution in [-0.4, -0.2) is 16.8 Å². The molecule has 8 heavy (non-hydrogen) atoms. The van der Waals surface area contributed by atoms with Gasteiger partial charge in [-0.1, -0.05) is 0 Å². The molecule has 0 rings (SSSR count). The van der Waals surface area contributed by atoms with Crippen molar-refractivity contribution in [2.45, 2.75) is 6.92 Å². The number of carbonyl (C=O) groups excluding carboxylic acids is 1. The Labute approximate surface area is 47.3 Å². The third-order valence-electron chi connectivity index (χ3n) is 0.574. The van der Waals surface area contributed by atoms with E-state index < -0.39 is 0 Å². The summed E-state index contributed by atoms with van der Waals surface area (Å²) in [5.41, 5.74) is 8.40. The molecular formula is C5H6N2O. The quantitative estimate of drug-likeness (QED) is 0.167. The van der Waals surface area contributed by atoms with E-state index in [0.717, 1.165) is 0 Å². The highest BCUT2D eigenvalue weighted by molar-refractivity contribution is 5.91. The first-order valence-corrected chi connectivity index (χ1v) is 2.11. The van der Waals surface area contributed by atoms with Gasteiger partial charge in [0.2, 0.25) is 0 Å². The Bertz CT molecular complexity index is 154. The van der Waals surface area contributed by atoms with Gasteiger partial charge in [-0.05, 0) is 6.08 Å². The van der Waals surface area contributed by atoms with Crippen LogP contribution in [0.15, 0.2) is 12.2 Å². The Kier molecular flexibility index (Phi) is 3.36. The van der Waals surface area contributed by atoms with Gasteiger partial charge in [0.05, 0.1) is 0 Å². The van der Waals surface area contributed by atoms with Gasteiger partial charge in [0.1, 0.15) is 6.29 Å². The van der Waals surface area contributed by atoms with Crippen LogP contribution >= 0.6 is 0 Å². The number of hydrogen-bond acceptors (Lipinski definition) is 1. The lowest BCUT2D eigenvalue weighted by molar-refractivity contribution is -0.104. The summed E-state index contributed by atoms with van der Waals surface area (Å²) in [6.45, 7) is 1.58. The average molecular weight is 110 g/mol. The highest BCUT2D eigenvalue weighted by Crippen LogP contribution is 1.69. The molecule has 0 amide bonds. The second-order valence-corrected chi connectivity index (χ2v) is 1.24. The molecular weight excluding hydrogens is 104 g/mol. The minimum atomic E-state index is 0.414. The molecule has 0 saturated carbocycles. The molecule has 0 aromatic rings. The maximum Gasteiger partial charge on any atom is 0.289 e. The first-order valence-electron chi connectivity index (χ1n) is 2.11. The molecule has 0 radical (unpaired) electrons. The van der Waals surface area contributed by atoms with Crippen LogP contribution in [0.2, 0.25) is 0 Å². The molecule has 0 fully saturated rings. The lowest BCUT2D eigenvalue weighted by Gasteiger charge is -1.65. The molecule has 0 aliphatic carbocycles. The van der Waals surface area contributed by atoms with Crippen LogP contribution in [0.1, 0.15) is 6.92 Å². The van der Waals surface area contributed by atoms with Gasteiger partial charge < -0.3 is 5.53 Å². The van der Waals surface area contributed by atoms with E-state index in [-0.39, 0.29) is 0 Å². The minimum Gasteiger partial charge on any atom is -0.361 e. The first-order chi connectivity index (χ1) is 3.81. The highest BCUT2D eigenvalue weighted by Gasteiger charge is 1.84. The number of hydrogen-bond donors (Lipinski definition) is 0. The predicted octanol–water partition coefficient (Wildman–Crippen LogP) is 0.432. The molecule has 0 aliphatic heterocycles. The Morgan fingerprint density at radius 1 is 1.75 bits per heavy atom. The fourth-order valence-corrected chi connectivity index (χ4v) is 0.212. The lowest BCUT2D eigenvalue weighted by atomic mass is 10.4. The molecule has 0 N–H and O–H groups in total. The average Bonchev–Trinajstić information content (AvgIpc) is 1.83. The van der Waals surface area contributed by atoms with Gasteiger partial charge in [-0.15, -0.1) is 0 Å². The van der Waals surface area contributed by atoms with Crippen LogP contribution in [0.5, 0.6) is 0 Å². The summed E-state index contributed by atoms with van der Waals surface area (Å²) < 4.78 is 0. The zero-order valence-electron chi connectivity index (χ0n) is 4.53. The molecule has 0 aromatic heterocycles. The fraction of sp³-hybridized carbons (Fsp3) is 0.200. The van der Waals surface area contributed by atoms with Gasteiger partial charge in [-0.25, -0.2) is 0 Å². The number of nitrogens with zero attached hydrogens (tertiary/aromatic N) is 2. The molecule has 0 atom stereocenters. The van der Waals surface area contributed by atoms with E-state index in [4.69, 9.17) is 5.53 Å². The van der Waals surface area contributed by atoms with E-state index in [9.17, 15) is 4.79 Å². The van der Waals surface area contributed by atoms with Crippen LogP contribution in [0.3, 0.4) is 0 Å². The molecule has 0 spiro atoms. The Hall–Kier alpha value is -1.21. The zero-order valence-corrected chi connectivity index (χ0v) is 4.53. The molecule has 0 unspecified atom stereocenters. The Morgan fingerprint density at radius 3 is 2.75 bits per heavy atom. The van der Waals surface area contributed by atoms with Crippen LogP contribution in [0.4, 0.5) is 0 Å². The van der Waals surface area contributed by atoms with E-state index in [1.807, 2.05) is 0 Å². The second-order valence-electron chi connectivity index (χ2n) is 1.24. The van der Waals surface area contributed by atoms with Gasteiger partial charge >= 0.3 is 0 Å². The second kappa shape index (κ2) is 3.96. The fourth-order valence-electron chi connectivity index (χ4n) is 0.212. The highest BCUT2D eigenvalue weighted by atomic mass is 16.1. The van der Waals surface area contributed by atoms with Crippen LogP contribution < -0.4 is 0 Å². The zero-order chi connectivity index (χ0) is 6.41. The van der Waals surface area contributed by atoms with E-state index in [1.54, 1.807) is 6.92 Å². The molecule has 0 aromatic carbocycles. The van der Waals surface area contributed by atoms with Crippen LogP contribution in [0.25, 0.3) is 5.53 Å². The Balaban J connectivity index is 3.89. The van der Waals surface area contributed by atoms with E-state index in [0.29, 0.717) is 12.0 Å². The number of aldehydes is 1. The largest absolute Gasteiger partial charge is 0.361 e. The van der Waals surface area contributed by atoms with Crippen molar-refractivity contribution in [3.8, 4) is 0 Å². The molecule has 3 heteroatoms. The maximum absolute atomic E-state index is 9.60. The first kappa shape index (κ1) is 6.79. The smallest absolute Gasteiger partial charge is 0.289 e. The van der Waals surface area contributed by atoms with Crippen molar-refractivity contribution in [2.24, 2.45) is 0 Å². The molecule has 0 bridgehead atoms. The van der Waals surface area contributed by atoms with Crippen LogP contribution in [0, 0.1) is 0 Å². The molecule has 0 saturated heterocycles. The lowest BCUT2D eigenvalue weighted by Crippen LogP contribution is -1.83. The SMILES string of the molecule is CC(/C=C\C=O)=[N+]=[N-]. The predicted molar refractivity (Wildman–Crippen MR) is 29.5 cm³/mol. The van der Waals surface area contributed by atoms with Gasteiger partial charge in [0.15, 0.2) is 0 Å².